The van der Waals surface area contributed by atoms with Crippen LogP contribution in [0.2, 0.25) is 0 Å². The third-order valence-corrected chi connectivity index (χ3v) is 7.07. The summed E-state index contributed by atoms with van der Waals surface area (Å²) in [6, 6.07) is 14.2. The molecule has 0 saturated heterocycles. The second kappa shape index (κ2) is 9.32. The number of aryl methyl sites for hydroxylation is 1. The van der Waals surface area contributed by atoms with E-state index in [0.717, 1.165) is 10.4 Å². The number of rotatable bonds is 7. The maximum Gasteiger partial charge on any atom is 0.341 e. The van der Waals surface area contributed by atoms with Crippen molar-refractivity contribution in [3.8, 4) is 0 Å². The summed E-state index contributed by atoms with van der Waals surface area (Å²) in [5.74, 6) is -1.06. The van der Waals surface area contributed by atoms with Crippen LogP contribution >= 0.6 is 11.3 Å². The van der Waals surface area contributed by atoms with Crippen LogP contribution in [-0.4, -0.2) is 26.9 Å². The molecule has 7 nitrogen and oxygen atoms in total. The number of benzene rings is 2. The summed E-state index contributed by atoms with van der Waals surface area (Å²) in [7, 11) is -3.88. The van der Waals surface area contributed by atoms with Gasteiger partial charge in [-0.05, 0) is 50.6 Å². The molecule has 2 N–H and O–H groups in total. The highest BCUT2D eigenvalue weighted by molar-refractivity contribution is 7.92. The lowest BCUT2D eigenvalue weighted by atomic mass is 10.1. The Morgan fingerprint density at radius 2 is 1.65 bits per heavy atom. The first-order chi connectivity index (χ1) is 14.7. The molecule has 3 aromatic rings. The van der Waals surface area contributed by atoms with Crippen molar-refractivity contribution in [1.29, 1.82) is 0 Å². The van der Waals surface area contributed by atoms with Gasteiger partial charge in [0.1, 0.15) is 5.00 Å². The van der Waals surface area contributed by atoms with Gasteiger partial charge in [-0.1, -0.05) is 30.3 Å². The van der Waals surface area contributed by atoms with E-state index in [1.807, 2.05) is 6.92 Å². The molecule has 0 atom stereocenters. The smallest absolute Gasteiger partial charge is 0.341 e. The Hall–Kier alpha value is -3.17. The highest BCUT2D eigenvalue weighted by Crippen LogP contribution is 2.34. The van der Waals surface area contributed by atoms with Crippen molar-refractivity contribution in [3.63, 3.8) is 0 Å². The Morgan fingerprint density at radius 3 is 2.32 bits per heavy atom. The van der Waals surface area contributed by atoms with Crippen molar-refractivity contribution >= 4 is 43.9 Å². The Balaban J connectivity index is 1.92. The number of ether oxygens (including phenoxy) is 1. The van der Waals surface area contributed by atoms with Gasteiger partial charge in [0.15, 0.2) is 0 Å². The normalized spacial score (nSPS) is 11.1. The minimum absolute atomic E-state index is 0.0827. The minimum Gasteiger partial charge on any atom is -0.462 e. The molecule has 0 bridgehead atoms. The van der Waals surface area contributed by atoms with Gasteiger partial charge in [0.2, 0.25) is 0 Å². The largest absolute Gasteiger partial charge is 0.462 e. The molecule has 2 aromatic carbocycles. The first-order valence-corrected chi connectivity index (χ1v) is 11.8. The molecule has 31 heavy (non-hydrogen) atoms. The Kier molecular flexibility index (Phi) is 6.77. The molecule has 1 aromatic heterocycles. The summed E-state index contributed by atoms with van der Waals surface area (Å²) >= 11 is 1.26. The maximum absolute atomic E-state index is 13.0. The number of para-hydroxylation sites is 1. The zero-order valence-corrected chi connectivity index (χ0v) is 18.9. The Morgan fingerprint density at radius 1 is 1.00 bits per heavy atom. The lowest BCUT2D eigenvalue weighted by molar-refractivity contribution is 0.0527. The van der Waals surface area contributed by atoms with Gasteiger partial charge in [-0.25, -0.2) is 13.2 Å². The number of thiophene rings is 1. The molecule has 0 unspecified atom stereocenters. The van der Waals surface area contributed by atoms with Gasteiger partial charge < -0.3 is 10.1 Å². The van der Waals surface area contributed by atoms with E-state index in [-0.39, 0.29) is 22.8 Å². The van der Waals surface area contributed by atoms with Crippen LogP contribution < -0.4 is 10.0 Å². The standard InChI is InChI=1S/C22H22N2O5S2/c1-4-29-22(26)19-14(2)15(3)30-21(19)23-20(25)17-12-8-9-13-18(17)24-31(27,28)16-10-6-5-7-11-16/h5-13,24H,4H2,1-3H3,(H,23,25). The van der Waals surface area contributed by atoms with Crippen molar-refractivity contribution in [2.24, 2.45) is 0 Å². The van der Waals surface area contributed by atoms with Crippen molar-refractivity contribution < 1.29 is 22.7 Å². The molecule has 3 rings (SSSR count). The average Bonchev–Trinajstić information content (AvgIpc) is 3.02. The zero-order valence-electron chi connectivity index (χ0n) is 17.3. The number of amides is 1. The van der Waals surface area contributed by atoms with Gasteiger partial charge >= 0.3 is 5.97 Å². The van der Waals surface area contributed by atoms with Crippen molar-refractivity contribution in [2.45, 2.75) is 25.7 Å². The fourth-order valence-electron chi connectivity index (χ4n) is 2.91. The predicted molar refractivity (Wildman–Crippen MR) is 121 cm³/mol. The average molecular weight is 459 g/mol. The molecule has 0 aliphatic rings. The highest BCUT2D eigenvalue weighted by Gasteiger charge is 2.24. The fraction of sp³-hybridized carbons (Fsp3) is 0.182. The number of hydrogen-bond donors (Lipinski definition) is 2. The third-order valence-electron chi connectivity index (χ3n) is 4.56. The van der Waals surface area contributed by atoms with Crippen LogP contribution in [-0.2, 0) is 14.8 Å². The van der Waals surface area contributed by atoms with E-state index in [4.69, 9.17) is 4.74 Å². The molecule has 0 aliphatic heterocycles. The van der Waals surface area contributed by atoms with E-state index in [1.54, 1.807) is 44.2 Å². The lowest BCUT2D eigenvalue weighted by Crippen LogP contribution is -2.19. The molecule has 0 spiro atoms. The Bertz CT molecular complexity index is 1220. The van der Waals surface area contributed by atoms with E-state index in [1.165, 1.54) is 35.6 Å². The van der Waals surface area contributed by atoms with E-state index < -0.39 is 21.9 Å². The van der Waals surface area contributed by atoms with E-state index in [9.17, 15) is 18.0 Å². The molecule has 0 radical (unpaired) electrons. The van der Waals surface area contributed by atoms with Crippen LogP contribution in [0.4, 0.5) is 10.7 Å². The summed E-state index contributed by atoms with van der Waals surface area (Å²) in [6.45, 7) is 5.56. The zero-order chi connectivity index (χ0) is 22.6. The summed E-state index contributed by atoms with van der Waals surface area (Å²) < 4.78 is 33.0. The summed E-state index contributed by atoms with van der Waals surface area (Å²) in [4.78, 5) is 26.3. The number of nitrogens with one attached hydrogen (secondary N) is 2. The van der Waals surface area contributed by atoms with Crippen LogP contribution in [0.3, 0.4) is 0 Å². The molecular formula is C22H22N2O5S2. The van der Waals surface area contributed by atoms with Gasteiger partial charge in [-0.2, -0.15) is 0 Å². The highest BCUT2D eigenvalue weighted by atomic mass is 32.2. The van der Waals surface area contributed by atoms with E-state index in [2.05, 4.69) is 10.0 Å². The molecule has 1 heterocycles. The van der Waals surface area contributed by atoms with Crippen LogP contribution in [0, 0.1) is 13.8 Å². The molecule has 0 saturated carbocycles. The summed E-state index contributed by atoms with van der Waals surface area (Å²) in [5.41, 5.74) is 1.30. The van der Waals surface area contributed by atoms with Crippen LogP contribution in [0.1, 0.15) is 38.1 Å². The maximum atomic E-state index is 13.0. The van der Waals surface area contributed by atoms with Crippen molar-refractivity contribution in [1.82, 2.24) is 0 Å². The Labute approximate surface area is 185 Å². The van der Waals surface area contributed by atoms with Gasteiger partial charge in [0.25, 0.3) is 15.9 Å². The molecule has 0 fully saturated rings. The second-order valence-electron chi connectivity index (χ2n) is 6.63. The molecule has 1 amide bonds. The summed E-state index contributed by atoms with van der Waals surface area (Å²) in [6.07, 6.45) is 0. The second-order valence-corrected chi connectivity index (χ2v) is 9.53. The summed E-state index contributed by atoms with van der Waals surface area (Å²) in [5, 5.41) is 3.10. The van der Waals surface area contributed by atoms with Crippen LogP contribution in [0.25, 0.3) is 0 Å². The molecule has 9 heteroatoms. The number of esters is 1. The van der Waals surface area contributed by atoms with E-state index >= 15 is 0 Å². The van der Waals surface area contributed by atoms with Crippen molar-refractivity contribution in [2.75, 3.05) is 16.6 Å². The van der Waals surface area contributed by atoms with Gasteiger partial charge in [0.05, 0.1) is 28.3 Å². The first kappa shape index (κ1) is 22.5. The molecule has 162 valence electrons. The molecular weight excluding hydrogens is 436 g/mol. The quantitative estimate of drug-likeness (QED) is 0.504. The fourth-order valence-corrected chi connectivity index (χ4v) is 5.05. The van der Waals surface area contributed by atoms with Gasteiger partial charge in [-0.3, -0.25) is 9.52 Å². The number of sulfonamides is 1. The third kappa shape index (κ3) is 4.95. The predicted octanol–water partition coefficient (Wildman–Crippen LogP) is 4.59. The van der Waals surface area contributed by atoms with Crippen LogP contribution in [0.5, 0.6) is 0 Å². The topological polar surface area (TPSA) is 102 Å². The first-order valence-electron chi connectivity index (χ1n) is 9.50. The van der Waals surface area contributed by atoms with Gasteiger partial charge in [-0.15, -0.1) is 11.3 Å². The van der Waals surface area contributed by atoms with Crippen molar-refractivity contribution in [3.05, 3.63) is 76.2 Å². The molecule has 0 aliphatic carbocycles. The number of anilines is 2. The lowest BCUT2D eigenvalue weighted by Gasteiger charge is -2.13. The van der Waals surface area contributed by atoms with Crippen LogP contribution in [0.15, 0.2) is 59.5 Å². The number of hydrogen-bond acceptors (Lipinski definition) is 6. The number of carbonyl (C=O) groups excluding carboxylic acids is 2. The number of carbonyl (C=O) groups is 2. The van der Waals surface area contributed by atoms with Gasteiger partial charge in [0, 0.05) is 4.88 Å². The van der Waals surface area contributed by atoms with E-state index in [0.29, 0.717) is 10.6 Å². The minimum atomic E-state index is -3.88. The SMILES string of the molecule is CCOC(=O)c1c(NC(=O)c2ccccc2NS(=O)(=O)c2ccccc2)sc(C)c1C. The monoisotopic (exact) mass is 458 g/mol.